The van der Waals surface area contributed by atoms with Crippen molar-refractivity contribution in [1.29, 1.82) is 0 Å². The summed E-state index contributed by atoms with van der Waals surface area (Å²) < 4.78 is 5.50. The monoisotopic (exact) mass is 186 g/mol. The van der Waals surface area contributed by atoms with E-state index in [2.05, 4.69) is 0 Å². The summed E-state index contributed by atoms with van der Waals surface area (Å²) in [5, 5.41) is 8.78. The zero-order valence-electron chi connectivity index (χ0n) is 8.16. The van der Waals surface area contributed by atoms with E-state index in [1.165, 1.54) is 19.3 Å². The lowest BCUT2D eigenvalue weighted by Crippen LogP contribution is -2.29. The average molecular weight is 186 g/mol. The molecule has 76 valence electrons. The van der Waals surface area contributed by atoms with Crippen molar-refractivity contribution in [3.05, 3.63) is 0 Å². The normalized spacial score (nSPS) is 21.3. The maximum Gasteiger partial charge on any atom is 0.332 e. The van der Waals surface area contributed by atoms with Gasteiger partial charge in [0.25, 0.3) is 0 Å². The maximum absolute atomic E-state index is 10.7. The highest BCUT2D eigenvalue weighted by Crippen LogP contribution is 2.22. The Kier molecular flexibility index (Phi) is 4.22. The third-order valence-corrected chi connectivity index (χ3v) is 2.56. The van der Waals surface area contributed by atoms with Crippen molar-refractivity contribution in [3.63, 3.8) is 0 Å². The highest BCUT2D eigenvalue weighted by atomic mass is 16.5. The smallest absolute Gasteiger partial charge is 0.332 e. The van der Waals surface area contributed by atoms with Gasteiger partial charge in [0.1, 0.15) is 0 Å². The number of rotatable bonds is 4. The Morgan fingerprint density at radius 2 is 2.08 bits per heavy atom. The fraction of sp³-hybridized carbons (Fsp3) is 0.900. The third-order valence-electron chi connectivity index (χ3n) is 2.56. The van der Waals surface area contributed by atoms with Crippen molar-refractivity contribution < 1.29 is 14.6 Å². The number of ether oxygens (including phenoxy) is 1. The van der Waals surface area contributed by atoms with Gasteiger partial charge in [-0.2, -0.15) is 0 Å². The van der Waals surface area contributed by atoms with E-state index in [1.54, 1.807) is 0 Å². The molecule has 0 saturated heterocycles. The van der Waals surface area contributed by atoms with E-state index < -0.39 is 12.1 Å². The molecule has 1 atom stereocenters. The largest absolute Gasteiger partial charge is 0.479 e. The van der Waals surface area contributed by atoms with Crippen LogP contribution in [0.15, 0.2) is 0 Å². The second kappa shape index (κ2) is 5.22. The summed E-state index contributed by atoms with van der Waals surface area (Å²) in [6.45, 7) is 1.85. The van der Waals surface area contributed by atoms with Gasteiger partial charge in [-0.1, -0.05) is 26.2 Å². The van der Waals surface area contributed by atoms with Gasteiger partial charge in [-0.25, -0.2) is 4.79 Å². The van der Waals surface area contributed by atoms with E-state index in [0.717, 1.165) is 12.8 Å². The average Bonchev–Trinajstić information content (AvgIpc) is 2.15. The van der Waals surface area contributed by atoms with E-state index in [9.17, 15) is 4.79 Å². The Labute approximate surface area is 79.1 Å². The van der Waals surface area contributed by atoms with Crippen LogP contribution in [0.2, 0.25) is 0 Å². The van der Waals surface area contributed by atoms with Gasteiger partial charge in [0.15, 0.2) is 6.10 Å². The van der Waals surface area contributed by atoms with Crippen molar-refractivity contribution in [1.82, 2.24) is 0 Å². The minimum atomic E-state index is -0.826. The van der Waals surface area contributed by atoms with E-state index in [1.807, 2.05) is 6.92 Å². The fourth-order valence-electron chi connectivity index (χ4n) is 1.76. The van der Waals surface area contributed by atoms with Crippen LogP contribution in [0.1, 0.15) is 45.4 Å². The first-order valence-electron chi connectivity index (χ1n) is 5.12. The Morgan fingerprint density at radius 3 is 2.54 bits per heavy atom. The molecule has 3 nitrogen and oxygen atoms in total. The van der Waals surface area contributed by atoms with Crippen molar-refractivity contribution in [2.75, 3.05) is 0 Å². The number of aliphatic carboxylic acids is 1. The quantitative estimate of drug-likeness (QED) is 0.732. The molecule has 1 fully saturated rings. The fourth-order valence-corrected chi connectivity index (χ4v) is 1.76. The molecule has 3 heteroatoms. The van der Waals surface area contributed by atoms with Crippen LogP contribution in [0.25, 0.3) is 0 Å². The molecule has 0 bridgehead atoms. The van der Waals surface area contributed by atoms with Crippen LogP contribution < -0.4 is 0 Å². The van der Waals surface area contributed by atoms with E-state index in [4.69, 9.17) is 9.84 Å². The van der Waals surface area contributed by atoms with Crippen LogP contribution in [0, 0.1) is 0 Å². The SMILES string of the molecule is CC[C@H](OC1CCCCC1)C(=O)O. The van der Waals surface area contributed by atoms with Gasteiger partial charge in [-0.3, -0.25) is 0 Å². The molecule has 0 aliphatic heterocycles. The summed E-state index contributed by atoms with van der Waals surface area (Å²) in [4.78, 5) is 10.7. The summed E-state index contributed by atoms with van der Waals surface area (Å²) >= 11 is 0. The molecule has 0 spiro atoms. The highest BCUT2D eigenvalue weighted by molar-refractivity contribution is 5.72. The minimum Gasteiger partial charge on any atom is -0.479 e. The topological polar surface area (TPSA) is 46.5 Å². The first-order valence-corrected chi connectivity index (χ1v) is 5.12. The number of carboxylic acid groups (broad SMARTS) is 1. The molecule has 0 amide bonds. The van der Waals surface area contributed by atoms with Crippen molar-refractivity contribution in [2.45, 2.75) is 57.7 Å². The third kappa shape index (κ3) is 3.35. The standard InChI is InChI=1S/C10H18O3/c1-2-9(10(11)12)13-8-6-4-3-5-7-8/h8-9H,2-7H2,1H3,(H,11,12)/t9-/m0/s1. The molecule has 1 rings (SSSR count). The molecule has 13 heavy (non-hydrogen) atoms. The highest BCUT2D eigenvalue weighted by Gasteiger charge is 2.22. The minimum absolute atomic E-state index is 0.190. The lowest BCUT2D eigenvalue weighted by atomic mass is 9.97. The number of hydrogen-bond donors (Lipinski definition) is 1. The predicted molar refractivity (Wildman–Crippen MR) is 49.7 cm³/mol. The van der Waals surface area contributed by atoms with Crippen LogP contribution in [0.5, 0.6) is 0 Å². The van der Waals surface area contributed by atoms with E-state index in [-0.39, 0.29) is 6.10 Å². The number of carbonyl (C=O) groups is 1. The Hall–Kier alpha value is -0.570. The van der Waals surface area contributed by atoms with Crippen LogP contribution in [0.4, 0.5) is 0 Å². The number of hydrogen-bond acceptors (Lipinski definition) is 2. The molecule has 0 aromatic rings. The Bertz CT molecular complexity index is 162. The molecule has 1 N–H and O–H groups in total. The van der Waals surface area contributed by atoms with Crippen molar-refractivity contribution >= 4 is 5.97 Å². The van der Waals surface area contributed by atoms with Gasteiger partial charge < -0.3 is 9.84 Å². The maximum atomic E-state index is 10.7. The van der Waals surface area contributed by atoms with Gasteiger partial charge in [-0.05, 0) is 19.3 Å². The predicted octanol–water partition coefficient (Wildman–Crippen LogP) is 2.20. The molecule has 0 aromatic carbocycles. The molecule has 1 saturated carbocycles. The van der Waals surface area contributed by atoms with E-state index >= 15 is 0 Å². The van der Waals surface area contributed by atoms with Crippen LogP contribution >= 0.6 is 0 Å². The molecule has 0 aromatic heterocycles. The molecule has 0 radical (unpaired) electrons. The van der Waals surface area contributed by atoms with Gasteiger partial charge >= 0.3 is 5.97 Å². The Morgan fingerprint density at radius 1 is 1.46 bits per heavy atom. The molecule has 1 aliphatic rings. The summed E-state index contributed by atoms with van der Waals surface area (Å²) in [6.07, 6.45) is 5.85. The molecule has 0 unspecified atom stereocenters. The summed E-state index contributed by atoms with van der Waals surface area (Å²) in [5.74, 6) is -0.826. The lowest BCUT2D eigenvalue weighted by molar-refractivity contribution is -0.155. The lowest BCUT2D eigenvalue weighted by Gasteiger charge is -2.24. The van der Waals surface area contributed by atoms with Crippen molar-refractivity contribution in [3.8, 4) is 0 Å². The second-order valence-electron chi connectivity index (χ2n) is 3.63. The second-order valence-corrected chi connectivity index (χ2v) is 3.63. The van der Waals surface area contributed by atoms with Gasteiger partial charge in [0.2, 0.25) is 0 Å². The van der Waals surface area contributed by atoms with Crippen LogP contribution in [0.3, 0.4) is 0 Å². The van der Waals surface area contributed by atoms with Crippen LogP contribution in [-0.4, -0.2) is 23.3 Å². The first-order chi connectivity index (χ1) is 6.24. The van der Waals surface area contributed by atoms with Crippen molar-refractivity contribution in [2.24, 2.45) is 0 Å². The Balaban J connectivity index is 2.31. The van der Waals surface area contributed by atoms with E-state index in [0.29, 0.717) is 6.42 Å². The van der Waals surface area contributed by atoms with Gasteiger partial charge in [0, 0.05) is 0 Å². The molecule has 1 aliphatic carbocycles. The summed E-state index contributed by atoms with van der Waals surface area (Å²) in [7, 11) is 0. The zero-order valence-corrected chi connectivity index (χ0v) is 8.16. The zero-order chi connectivity index (χ0) is 9.68. The first kappa shape index (κ1) is 10.5. The number of carboxylic acids is 1. The van der Waals surface area contributed by atoms with Crippen LogP contribution in [-0.2, 0) is 9.53 Å². The summed E-state index contributed by atoms with van der Waals surface area (Å²) in [6, 6.07) is 0. The van der Waals surface area contributed by atoms with Gasteiger partial charge in [-0.15, -0.1) is 0 Å². The summed E-state index contributed by atoms with van der Waals surface area (Å²) in [5.41, 5.74) is 0. The molecular formula is C10H18O3. The molecular weight excluding hydrogens is 168 g/mol. The van der Waals surface area contributed by atoms with Gasteiger partial charge in [0.05, 0.1) is 6.10 Å². The molecule has 0 heterocycles.